The van der Waals surface area contributed by atoms with Crippen LogP contribution in [0, 0.1) is 5.92 Å². The van der Waals surface area contributed by atoms with Crippen molar-refractivity contribution in [1.29, 1.82) is 0 Å². The van der Waals surface area contributed by atoms with Gasteiger partial charge in [-0.05, 0) is 62.0 Å². The van der Waals surface area contributed by atoms with E-state index in [0.717, 1.165) is 32.4 Å². The number of nitrogens with zero attached hydrogens (tertiary/aromatic N) is 1. The van der Waals surface area contributed by atoms with Crippen molar-refractivity contribution in [3.8, 4) is 0 Å². The number of carboxylic acids is 1. The van der Waals surface area contributed by atoms with E-state index in [2.05, 4.69) is 54.3 Å². The van der Waals surface area contributed by atoms with Crippen molar-refractivity contribution in [2.24, 2.45) is 5.92 Å². The highest BCUT2D eigenvalue weighted by Gasteiger charge is 2.31. The fourth-order valence-electron chi connectivity index (χ4n) is 3.77. The Bertz CT molecular complexity index is 873. The van der Waals surface area contributed by atoms with Gasteiger partial charge < -0.3 is 5.11 Å². The lowest BCUT2D eigenvalue weighted by Crippen LogP contribution is -2.38. The summed E-state index contributed by atoms with van der Waals surface area (Å²) >= 11 is 3.76. The summed E-state index contributed by atoms with van der Waals surface area (Å²) in [6, 6.07) is 15.6. The SMILES string of the molecule is CCc1ccc(C(c2cc3ccccc3s2)N2CCC(C(=O)O)CC2)s1. The summed E-state index contributed by atoms with van der Waals surface area (Å²) in [6.45, 7) is 3.88. The van der Waals surface area contributed by atoms with Gasteiger partial charge in [-0.2, -0.15) is 0 Å². The smallest absolute Gasteiger partial charge is 0.306 e. The van der Waals surface area contributed by atoms with Crippen LogP contribution >= 0.6 is 22.7 Å². The van der Waals surface area contributed by atoms with Crippen LogP contribution in [0.25, 0.3) is 10.1 Å². The molecule has 4 rings (SSSR count). The van der Waals surface area contributed by atoms with Gasteiger partial charge in [-0.3, -0.25) is 9.69 Å². The number of fused-ring (bicyclic) bond motifs is 1. The standard InChI is InChI=1S/C21H23NO2S2/c1-2-16-7-8-18(25-16)20(22-11-9-14(10-12-22)21(23)24)19-13-15-5-3-4-6-17(15)26-19/h3-8,13-14,20H,2,9-12H2,1H3,(H,23,24). The third-order valence-electron chi connectivity index (χ3n) is 5.26. The number of rotatable bonds is 5. The maximum Gasteiger partial charge on any atom is 0.306 e. The van der Waals surface area contributed by atoms with Gasteiger partial charge in [0.25, 0.3) is 0 Å². The molecule has 0 bridgehead atoms. The van der Waals surface area contributed by atoms with Crippen LogP contribution in [0.4, 0.5) is 0 Å². The average Bonchev–Trinajstić information content (AvgIpc) is 3.29. The Morgan fingerprint density at radius 1 is 1.15 bits per heavy atom. The van der Waals surface area contributed by atoms with E-state index in [9.17, 15) is 9.90 Å². The van der Waals surface area contributed by atoms with E-state index in [-0.39, 0.29) is 12.0 Å². The Balaban J connectivity index is 1.69. The second-order valence-corrected chi connectivity index (χ2v) is 9.21. The molecular formula is C21H23NO2S2. The normalized spacial score (nSPS) is 17.6. The third kappa shape index (κ3) is 3.43. The maximum atomic E-state index is 11.3. The Morgan fingerprint density at radius 2 is 1.92 bits per heavy atom. The number of hydrogen-bond donors (Lipinski definition) is 1. The number of carboxylic acid groups (broad SMARTS) is 1. The molecule has 0 radical (unpaired) electrons. The quantitative estimate of drug-likeness (QED) is 0.638. The highest BCUT2D eigenvalue weighted by Crippen LogP contribution is 2.41. The van der Waals surface area contributed by atoms with Crippen molar-refractivity contribution in [3.63, 3.8) is 0 Å². The Kier molecular flexibility index (Phi) is 5.11. The minimum atomic E-state index is -0.646. The first-order valence-electron chi connectivity index (χ1n) is 9.19. The van der Waals surface area contributed by atoms with Crippen LogP contribution < -0.4 is 0 Å². The van der Waals surface area contributed by atoms with Gasteiger partial charge in [0, 0.05) is 19.3 Å². The van der Waals surface area contributed by atoms with Crippen LogP contribution in [0.3, 0.4) is 0 Å². The number of carbonyl (C=O) groups is 1. The van der Waals surface area contributed by atoms with Crippen LogP contribution in [0.15, 0.2) is 42.5 Å². The summed E-state index contributed by atoms with van der Waals surface area (Å²) in [5, 5.41) is 10.6. The number of benzene rings is 1. The molecule has 5 heteroatoms. The molecule has 1 aliphatic rings. The molecule has 0 aliphatic carbocycles. The molecule has 0 saturated carbocycles. The minimum absolute atomic E-state index is 0.191. The maximum absolute atomic E-state index is 11.3. The number of aliphatic carboxylic acids is 1. The van der Waals surface area contributed by atoms with Gasteiger partial charge in [-0.1, -0.05) is 25.1 Å². The first-order valence-corrected chi connectivity index (χ1v) is 10.8. The molecule has 3 nitrogen and oxygen atoms in total. The summed E-state index contributed by atoms with van der Waals surface area (Å²) < 4.78 is 1.32. The molecule has 26 heavy (non-hydrogen) atoms. The summed E-state index contributed by atoms with van der Waals surface area (Å²) in [6.07, 6.45) is 2.54. The second-order valence-electron chi connectivity index (χ2n) is 6.90. The van der Waals surface area contributed by atoms with Gasteiger partial charge in [-0.15, -0.1) is 22.7 Å². The minimum Gasteiger partial charge on any atom is -0.481 e. The van der Waals surface area contributed by atoms with Crippen LogP contribution in [-0.2, 0) is 11.2 Å². The number of aryl methyl sites for hydroxylation is 1. The van der Waals surface area contributed by atoms with E-state index in [0.29, 0.717) is 0 Å². The number of thiophene rings is 2. The molecule has 1 fully saturated rings. The zero-order valence-electron chi connectivity index (χ0n) is 14.9. The zero-order valence-corrected chi connectivity index (χ0v) is 16.5. The van der Waals surface area contributed by atoms with Crippen molar-refractivity contribution in [2.45, 2.75) is 32.2 Å². The fraction of sp³-hybridized carbons (Fsp3) is 0.381. The van der Waals surface area contributed by atoms with Crippen molar-refractivity contribution >= 4 is 38.7 Å². The van der Waals surface area contributed by atoms with Crippen molar-refractivity contribution < 1.29 is 9.90 Å². The van der Waals surface area contributed by atoms with E-state index in [1.54, 1.807) is 0 Å². The molecule has 3 heterocycles. The third-order valence-corrected chi connectivity index (χ3v) is 7.71. The number of hydrogen-bond acceptors (Lipinski definition) is 4. The molecule has 1 saturated heterocycles. The van der Waals surface area contributed by atoms with Crippen molar-refractivity contribution in [2.75, 3.05) is 13.1 Å². The predicted molar refractivity (Wildman–Crippen MR) is 109 cm³/mol. The lowest BCUT2D eigenvalue weighted by atomic mass is 9.95. The van der Waals surface area contributed by atoms with Gasteiger partial charge in [0.1, 0.15) is 0 Å². The number of likely N-dealkylation sites (tertiary alicyclic amines) is 1. The lowest BCUT2D eigenvalue weighted by Gasteiger charge is -2.35. The second kappa shape index (κ2) is 7.51. The van der Waals surface area contributed by atoms with E-state index < -0.39 is 5.97 Å². The first kappa shape index (κ1) is 17.7. The highest BCUT2D eigenvalue weighted by molar-refractivity contribution is 7.19. The highest BCUT2D eigenvalue weighted by atomic mass is 32.1. The van der Waals surface area contributed by atoms with Crippen LogP contribution in [0.5, 0.6) is 0 Å². The zero-order chi connectivity index (χ0) is 18.1. The van der Waals surface area contributed by atoms with E-state index in [1.807, 2.05) is 22.7 Å². The molecule has 1 aliphatic heterocycles. The molecule has 1 aromatic carbocycles. The number of piperidine rings is 1. The van der Waals surface area contributed by atoms with Crippen LogP contribution in [0.1, 0.15) is 40.4 Å². The monoisotopic (exact) mass is 385 g/mol. The van der Waals surface area contributed by atoms with Gasteiger partial charge in [0.2, 0.25) is 0 Å². The molecular weight excluding hydrogens is 362 g/mol. The van der Waals surface area contributed by atoms with E-state index in [1.165, 1.54) is 24.7 Å². The Morgan fingerprint density at radius 3 is 2.58 bits per heavy atom. The van der Waals surface area contributed by atoms with Gasteiger partial charge in [0.15, 0.2) is 0 Å². The van der Waals surface area contributed by atoms with Gasteiger partial charge in [0.05, 0.1) is 12.0 Å². The van der Waals surface area contributed by atoms with Gasteiger partial charge >= 0.3 is 5.97 Å². The van der Waals surface area contributed by atoms with Crippen LogP contribution in [0.2, 0.25) is 0 Å². The molecule has 1 unspecified atom stereocenters. The summed E-state index contributed by atoms with van der Waals surface area (Å²) in [7, 11) is 0. The molecule has 2 aromatic heterocycles. The van der Waals surface area contributed by atoms with E-state index >= 15 is 0 Å². The Labute approximate surface area is 161 Å². The molecule has 136 valence electrons. The molecule has 1 atom stereocenters. The van der Waals surface area contributed by atoms with Crippen molar-refractivity contribution in [1.82, 2.24) is 4.90 Å². The summed E-state index contributed by atoms with van der Waals surface area (Å²) in [5.41, 5.74) is 0. The van der Waals surface area contributed by atoms with E-state index in [4.69, 9.17) is 0 Å². The lowest BCUT2D eigenvalue weighted by molar-refractivity contribution is -0.143. The first-order chi connectivity index (χ1) is 12.7. The predicted octanol–water partition coefficient (Wildman–Crippen LogP) is 5.41. The topological polar surface area (TPSA) is 40.5 Å². The van der Waals surface area contributed by atoms with Gasteiger partial charge in [-0.25, -0.2) is 0 Å². The van der Waals surface area contributed by atoms with Crippen LogP contribution in [-0.4, -0.2) is 29.1 Å². The largest absolute Gasteiger partial charge is 0.481 e. The molecule has 0 spiro atoms. The molecule has 3 aromatic rings. The average molecular weight is 386 g/mol. The summed E-state index contributed by atoms with van der Waals surface area (Å²) in [5.74, 6) is -0.837. The molecule has 1 N–H and O–H groups in total. The summed E-state index contributed by atoms with van der Waals surface area (Å²) in [4.78, 5) is 17.9. The Hall–Kier alpha value is -1.69. The fourth-order valence-corrected chi connectivity index (χ4v) is 6.17. The molecule has 0 amide bonds. The van der Waals surface area contributed by atoms with Crippen molar-refractivity contribution in [3.05, 3.63) is 57.1 Å².